The highest BCUT2D eigenvalue weighted by Gasteiger charge is 1.99. The first-order chi connectivity index (χ1) is 3.72. The van der Waals surface area contributed by atoms with Gasteiger partial charge < -0.3 is 10.0 Å². The van der Waals surface area contributed by atoms with Crippen LogP contribution in [0.2, 0.25) is 0 Å². The highest BCUT2D eigenvalue weighted by molar-refractivity contribution is 4.71. The van der Waals surface area contributed by atoms with Crippen molar-refractivity contribution in [1.29, 1.82) is 0 Å². The van der Waals surface area contributed by atoms with Crippen molar-refractivity contribution in [2.75, 3.05) is 13.7 Å². The Hall–Kier alpha value is -0.500. The van der Waals surface area contributed by atoms with Crippen molar-refractivity contribution in [3.05, 3.63) is 12.8 Å². The lowest BCUT2D eigenvalue weighted by molar-refractivity contribution is 0.196. The van der Waals surface area contributed by atoms with E-state index in [1.54, 1.807) is 6.20 Å². The summed E-state index contributed by atoms with van der Waals surface area (Å²) in [6.45, 7) is 5.66. The van der Waals surface area contributed by atoms with Gasteiger partial charge in [-0.2, -0.15) is 0 Å². The normalized spacial score (nSPS) is 12.9. The molecule has 48 valence electrons. The van der Waals surface area contributed by atoms with Gasteiger partial charge in [0.2, 0.25) is 0 Å². The van der Waals surface area contributed by atoms with Gasteiger partial charge in [0.25, 0.3) is 0 Å². The lowest BCUT2D eigenvalue weighted by Crippen LogP contribution is -2.26. The van der Waals surface area contributed by atoms with E-state index < -0.39 is 0 Å². The van der Waals surface area contributed by atoms with Gasteiger partial charge in [0.05, 0.1) is 6.61 Å². The van der Waals surface area contributed by atoms with Crippen LogP contribution in [0.25, 0.3) is 0 Å². The summed E-state index contributed by atoms with van der Waals surface area (Å²) in [5.41, 5.74) is 0. The quantitative estimate of drug-likeness (QED) is 0.577. The van der Waals surface area contributed by atoms with Crippen molar-refractivity contribution >= 4 is 0 Å². The molecule has 0 amide bonds. The van der Waals surface area contributed by atoms with E-state index >= 15 is 0 Å². The van der Waals surface area contributed by atoms with Crippen molar-refractivity contribution in [1.82, 2.24) is 4.90 Å². The largest absolute Gasteiger partial charge is 0.394 e. The molecule has 0 heterocycles. The summed E-state index contributed by atoms with van der Waals surface area (Å²) in [6.07, 6.45) is 1.70. The molecule has 0 saturated heterocycles. The Morgan fingerprint density at radius 3 is 2.50 bits per heavy atom. The molecule has 1 atom stereocenters. The van der Waals surface area contributed by atoms with Gasteiger partial charge in [-0.3, -0.25) is 0 Å². The Morgan fingerprint density at radius 2 is 2.38 bits per heavy atom. The van der Waals surface area contributed by atoms with Gasteiger partial charge in [-0.1, -0.05) is 6.58 Å². The van der Waals surface area contributed by atoms with Crippen LogP contribution < -0.4 is 0 Å². The summed E-state index contributed by atoms with van der Waals surface area (Å²) in [7, 11) is 1.88. The van der Waals surface area contributed by atoms with Gasteiger partial charge in [0.15, 0.2) is 0 Å². The molecule has 0 aliphatic rings. The zero-order valence-corrected chi connectivity index (χ0v) is 5.46. The maximum Gasteiger partial charge on any atom is 0.0631 e. The van der Waals surface area contributed by atoms with Crippen LogP contribution in [-0.2, 0) is 0 Å². The van der Waals surface area contributed by atoms with E-state index in [0.717, 1.165) is 0 Å². The monoisotopic (exact) mass is 115 g/mol. The average Bonchev–Trinajstić information content (AvgIpc) is 1.84. The highest BCUT2D eigenvalue weighted by atomic mass is 16.3. The summed E-state index contributed by atoms with van der Waals surface area (Å²) in [6, 6.07) is 0.187. The fraction of sp³-hybridized carbons (Fsp3) is 0.667. The molecule has 2 heteroatoms. The molecule has 0 bridgehead atoms. The number of nitrogens with zero attached hydrogens (tertiary/aromatic N) is 1. The molecule has 0 aliphatic carbocycles. The fourth-order valence-corrected chi connectivity index (χ4v) is 0.309. The van der Waals surface area contributed by atoms with Crippen LogP contribution in [0, 0.1) is 0 Å². The number of rotatable bonds is 3. The molecule has 0 rings (SSSR count). The standard InChI is InChI=1S/C6H13NO/c1-4-7(3)6(2)5-8/h4,6,8H,1,5H2,2-3H3/t6-/m0/s1. The molecular formula is C6H13NO. The molecule has 0 aromatic rings. The van der Waals surface area contributed by atoms with Crippen LogP contribution in [-0.4, -0.2) is 29.7 Å². The van der Waals surface area contributed by atoms with Crippen molar-refractivity contribution < 1.29 is 5.11 Å². The zero-order valence-electron chi connectivity index (χ0n) is 5.46. The first-order valence-electron chi connectivity index (χ1n) is 2.67. The summed E-state index contributed by atoms with van der Waals surface area (Å²) in [5, 5.41) is 8.55. The van der Waals surface area contributed by atoms with E-state index in [1.807, 2.05) is 18.9 Å². The average molecular weight is 115 g/mol. The van der Waals surface area contributed by atoms with Crippen molar-refractivity contribution in [2.45, 2.75) is 13.0 Å². The lowest BCUT2D eigenvalue weighted by Gasteiger charge is -2.19. The van der Waals surface area contributed by atoms with Crippen LogP contribution in [0.1, 0.15) is 6.92 Å². The van der Waals surface area contributed by atoms with Gasteiger partial charge >= 0.3 is 0 Å². The topological polar surface area (TPSA) is 23.5 Å². The fourth-order valence-electron chi connectivity index (χ4n) is 0.309. The predicted octanol–water partition coefficient (Wildman–Crippen LogP) is 0.442. The third-order valence-corrected chi connectivity index (χ3v) is 1.25. The van der Waals surface area contributed by atoms with Gasteiger partial charge in [-0.05, 0) is 13.1 Å². The molecule has 0 aromatic carbocycles. The first kappa shape index (κ1) is 7.50. The number of hydrogen-bond acceptors (Lipinski definition) is 2. The Labute approximate surface area is 50.4 Å². The molecule has 0 aliphatic heterocycles. The molecular weight excluding hydrogens is 102 g/mol. The second kappa shape index (κ2) is 3.50. The third-order valence-electron chi connectivity index (χ3n) is 1.25. The minimum absolute atomic E-state index is 0.183. The van der Waals surface area contributed by atoms with Gasteiger partial charge in [-0.25, -0.2) is 0 Å². The molecule has 0 fully saturated rings. The smallest absolute Gasteiger partial charge is 0.0631 e. The Morgan fingerprint density at radius 1 is 1.88 bits per heavy atom. The second-order valence-corrected chi connectivity index (χ2v) is 1.88. The minimum Gasteiger partial charge on any atom is -0.394 e. The Kier molecular flexibility index (Phi) is 3.28. The number of aliphatic hydroxyl groups is 1. The third kappa shape index (κ3) is 1.98. The van der Waals surface area contributed by atoms with Crippen LogP contribution in [0.15, 0.2) is 12.8 Å². The SMILES string of the molecule is C=CN(C)[C@@H](C)CO. The van der Waals surface area contributed by atoms with Crippen LogP contribution >= 0.6 is 0 Å². The minimum atomic E-state index is 0.183. The van der Waals surface area contributed by atoms with Crippen molar-refractivity contribution in [3.8, 4) is 0 Å². The molecule has 1 N–H and O–H groups in total. The predicted molar refractivity (Wildman–Crippen MR) is 34.5 cm³/mol. The van der Waals surface area contributed by atoms with Gasteiger partial charge in [0.1, 0.15) is 0 Å². The van der Waals surface area contributed by atoms with Crippen LogP contribution in [0.4, 0.5) is 0 Å². The van der Waals surface area contributed by atoms with Gasteiger partial charge in [-0.15, -0.1) is 0 Å². The highest BCUT2D eigenvalue weighted by Crippen LogP contribution is 1.91. The second-order valence-electron chi connectivity index (χ2n) is 1.88. The summed E-state index contributed by atoms with van der Waals surface area (Å²) >= 11 is 0. The molecule has 0 unspecified atom stereocenters. The van der Waals surface area contributed by atoms with Gasteiger partial charge in [0, 0.05) is 13.1 Å². The summed E-state index contributed by atoms with van der Waals surface area (Å²) in [4.78, 5) is 1.86. The van der Waals surface area contributed by atoms with Crippen molar-refractivity contribution in [2.24, 2.45) is 0 Å². The molecule has 0 aromatic heterocycles. The number of likely N-dealkylation sites (N-methyl/N-ethyl adjacent to an activating group) is 1. The Balaban J connectivity index is 3.44. The Bertz CT molecular complexity index is 72.9. The maximum absolute atomic E-state index is 8.55. The van der Waals surface area contributed by atoms with Crippen LogP contribution in [0.3, 0.4) is 0 Å². The van der Waals surface area contributed by atoms with Crippen LogP contribution in [0.5, 0.6) is 0 Å². The van der Waals surface area contributed by atoms with E-state index in [0.29, 0.717) is 0 Å². The first-order valence-corrected chi connectivity index (χ1v) is 2.67. The van der Waals surface area contributed by atoms with E-state index in [-0.39, 0.29) is 12.6 Å². The van der Waals surface area contributed by atoms with E-state index in [4.69, 9.17) is 5.11 Å². The van der Waals surface area contributed by atoms with E-state index in [9.17, 15) is 0 Å². The molecule has 8 heavy (non-hydrogen) atoms. The summed E-state index contributed by atoms with van der Waals surface area (Å²) < 4.78 is 0. The maximum atomic E-state index is 8.55. The van der Waals surface area contributed by atoms with E-state index in [2.05, 4.69) is 6.58 Å². The zero-order chi connectivity index (χ0) is 6.57. The number of hydrogen-bond donors (Lipinski definition) is 1. The summed E-state index contributed by atoms with van der Waals surface area (Å²) in [5.74, 6) is 0. The molecule has 0 saturated carbocycles. The van der Waals surface area contributed by atoms with E-state index in [1.165, 1.54) is 0 Å². The molecule has 2 nitrogen and oxygen atoms in total. The molecule has 0 spiro atoms. The van der Waals surface area contributed by atoms with Crippen molar-refractivity contribution in [3.63, 3.8) is 0 Å². The lowest BCUT2D eigenvalue weighted by atomic mass is 10.3. The number of aliphatic hydroxyl groups excluding tert-OH is 1. The molecule has 0 radical (unpaired) electrons.